The summed E-state index contributed by atoms with van der Waals surface area (Å²) in [6.07, 6.45) is 4.77. The van der Waals surface area contributed by atoms with Gasteiger partial charge in [0, 0.05) is 12.8 Å². The summed E-state index contributed by atoms with van der Waals surface area (Å²) in [5.41, 5.74) is 0. The van der Waals surface area contributed by atoms with E-state index in [1.54, 1.807) is 0 Å². The van der Waals surface area contributed by atoms with Gasteiger partial charge in [-0.3, -0.25) is 0 Å². The molecule has 0 aromatic carbocycles. The van der Waals surface area contributed by atoms with Crippen molar-refractivity contribution in [3.8, 4) is 12.1 Å². The Labute approximate surface area is 67.4 Å². The maximum absolute atomic E-state index is 8.43. The lowest BCUT2D eigenvalue weighted by Gasteiger charge is -2.02. The summed E-state index contributed by atoms with van der Waals surface area (Å²) in [5.74, 6) is 1.16. The minimum Gasteiger partial charge on any atom is -0.198 e. The van der Waals surface area contributed by atoms with Crippen LogP contribution in [0.5, 0.6) is 0 Å². The first kappa shape index (κ1) is 8.08. The van der Waals surface area contributed by atoms with Gasteiger partial charge in [0.05, 0.1) is 12.1 Å². The van der Waals surface area contributed by atoms with Crippen molar-refractivity contribution in [2.45, 2.75) is 32.1 Å². The van der Waals surface area contributed by atoms with Crippen LogP contribution in [0.2, 0.25) is 0 Å². The molecule has 0 spiro atoms. The molecule has 0 aromatic rings. The van der Waals surface area contributed by atoms with Gasteiger partial charge < -0.3 is 0 Å². The third kappa shape index (κ3) is 2.24. The molecule has 1 fully saturated rings. The number of nitrogens with zero attached hydrogens (tertiary/aromatic N) is 2. The van der Waals surface area contributed by atoms with Gasteiger partial charge in [-0.05, 0) is 31.1 Å². The molecule has 2 nitrogen and oxygen atoms in total. The number of hydrogen-bond acceptors (Lipinski definition) is 2. The summed E-state index contributed by atoms with van der Waals surface area (Å²) in [4.78, 5) is 0. The van der Waals surface area contributed by atoms with E-state index in [1.165, 1.54) is 0 Å². The summed E-state index contributed by atoms with van der Waals surface area (Å²) in [6.45, 7) is 0. The van der Waals surface area contributed by atoms with E-state index in [4.69, 9.17) is 10.5 Å². The first-order valence-electron chi connectivity index (χ1n) is 4.10. The molecule has 1 rings (SSSR count). The third-order valence-corrected chi connectivity index (χ3v) is 2.41. The lowest BCUT2D eigenvalue weighted by molar-refractivity contribution is 0.505. The van der Waals surface area contributed by atoms with Crippen LogP contribution in [0.15, 0.2) is 0 Å². The second-order valence-corrected chi connectivity index (χ2v) is 3.27. The number of hydrogen-bond donors (Lipinski definition) is 0. The van der Waals surface area contributed by atoms with Crippen molar-refractivity contribution >= 4 is 0 Å². The molecule has 0 saturated heterocycles. The van der Waals surface area contributed by atoms with Crippen LogP contribution in [-0.2, 0) is 0 Å². The van der Waals surface area contributed by atoms with Crippen molar-refractivity contribution in [3.63, 3.8) is 0 Å². The average molecular weight is 148 g/mol. The second kappa shape index (κ2) is 3.98. The Kier molecular flexibility index (Phi) is 2.93. The Morgan fingerprint density at radius 3 is 1.82 bits per heavy atom. The average Bonchev–Trinajstić information content (AvgIpc) is 2.38. The molecule has 1 aliphatic rings. The van der Waals surface area contributed by atoms with Gasteiger partial charge in [-0.25, -0.2) is 0 Å². The van der Waals surface area contributed by atoms with Crippen LogP contribution in [0.25, 0.3) is 0 Å². The fraction of sp³-hybridized carbons (Fsp3) is 0.778. The van der Waals surface area contributed by atoms with E-state index in [0.29, 0.717) is 24.7 Å². The monoisotopic (exact) mass is 148 g/mol. The molecular weight excluding hydrogens is 136 g/mol. The summed E-state index contributed by atoms with van der Waals surface area (Å²) in [5, 5.41) is 16.9. The quantitative estimate of drug-likeness (QED) is 0.602. The molecule has 0 amide bonds. The summed E-state index contributed by atoms with van der Waals surface area (Å²) < 4.78 is 0. The summed E-state index contributed by atoms with van der Waals surface area (Å²) in [7, 11) is 0. The Morgan fingerprint density at radius 2 is 1.45 bits per heavy atom. The minimum absolute atomic E-state index is 0.582. The first-order valence-corrected chi connectivity index (χ1v) is 4.10. The van der Waals surface area contributed by atoms with Crippen LogP contribution in [0, 0.1) is 34.5 Å². The molecule has 0 heterocycles. The van der Waals surface area contributed by atoms with Gasteiger partial charge >= 0.3 is 0 Å². The van der Waals surface area contributed by atoms with Crippen LogP contribution in [-0.4, -0.2) is 0 Å². The van der Waals surface area contributed by atoms with Crippen LogP contribution < -0.4 is 0 Å². The molecule has 0 radical (unpaired) electrons. The first-order chi connectivity index (χ1) is 5.36. The standard InChI is InChI=1S/C9H12N2/c10-5-3-8-1-2-9(7-8)4-6-11/h8-9H,1-4,7H2/t8-,9-/m1/s1. The van der Waals surface area contributed by atoms with E-state index in [9.17, 15) is 0 Å². The van der Waals surface area contributed by atoms with Crippen molar-refractivity contribution in [2.24, 2.45) is 11.8 Å². The van der Waals surface area contributed by atoms with E-state index >= 15 is 0 Å². The van der Waals surface area contributed by atoms with E-state index in [1.807, 2.05) is 0 Å². The lowest BCUT2D eigenvalue weighted by Crippen LogP contribution is -1.94. The number of rotatable bonds is 2. The minimum atomic E-state index is 0.582. The topological polar surface area (TPSA) is 47.6 Å². The van der Waals surface area contributed by atoms with E-state index < -0.39 is 0 Å². The molecule has 0 aromatic heterocycles. The van der Waals surface area contributed by atoms with E-state index in [2.05, 4.69) is 12.1 Å². The van der Waals surface area contributed by atoms with Gasteiger partial charge in [-0.2, -0.15) is 10.5 Å². The Hall–Kier alpha value is -1.02. The predicted octanol–water partition coefficient (Wildman–Crippen LogP) is 2.23. The van der Waals surface area contributed by atoms with Gasteiger partial charge in [0.15, 0.2) is 0 Å². The normalized spacial score (nSPS) is 29.3. The Morgan fingerprint density at radius 1 is 1.00 bits per heavy atom. The highest BCUT2D eigenvalue weighted by Gasteiger charge is 2.23. The second-order valence-electron chi connectivity index (χ2n) is 3.27. The maximum Gasteiger partial charge on any atom is 0.0624 e. The van der Waals surface area contributed by atoms with Gasteiger partial charge in [0.25, 0.3) is 0 Å². The molecule has 2 heteroatoms. The molecule has 0 bridgehead atoms. The lowest BCUT2D eigenvalue weighted by atomic mass is 10.0. The number of nitriles is 2. The fourth-order valence-corrected chi connectivity index (χ4v) is 1.81. The summed E-state index contributed by atoms with van der Waals surface area (Å²) in [6, 6.07) is 4.38. The maximum atomic E-state index is 8.43. The third-order valence-electron chi connectivity index (χ3n) is 2.41. The van der Waals surface area contributed by atoms with Gasteiger partial charge in [0.1, 0.15) is 0 Å². The molecule has 2 atom stereocenters. The van der Waals surface area contributed by atoms with Gasteiger partial charge in [-0.1, -0.05) is 0 Å². The Balaban J connectivity index is 2.25. The molecule has 11 heavy (non-hydrogen) atoms. The highest BCUT2D eigenvalue weighted by atomic mass is 14.3. The van der Waals surface area contributed by atoms with Crippen LogP contribution in [0.3, 0.4) is 0 Å². The SMILES string of the molecule is N#CC[C@H]1CC[C@H](CC#N)C1. The highest BCUT2D eigenvalue weighted by molar-refractivity contribution is 4.86. The largest absolute Gasteiger partial charge is 0.198 e. The fourth-order valence-electron chi connectivity index (χ4n) is 1.81. The molecule has 0 aliphatic heterocycles. The van der Waals surface area contributed by atoms with E-state index in [0.717, 1.165) is 19.3 Å². The smallest absolute Gasteiger partial charge is 0.0624 e. The van der Waals surface area contributed by atoms with Crippen LogP contribution in [0.4, 0.5) is 0 Å². The molecule has 1 saturated carbocycles. The van der Waals surface area contributed by atoms with E-state index in [-0.39, 0.29) is 0 Å². The van der Waals surface area contributed by atoms with Gasteiger partial charge in [-0.15, -0.1) is 0 Å². The zero-order valence-corrected chi connectivity index (χ0v) is 6.58. The molecule has 0 unspecified atom stereocenters. The van der Waals surface area contributed by atoms with Crippen molar-refractivity contribution in [3.05, 3.63) is 0 Å². The van der Waals surface area contributed by atoms with Crippen molar-refractivity contribution < 1.29 is 0 Å². The summed E-state index contributed by atoms with van der Waals surface area (Å²) >= 11 is 0. The molecule has 58 valence electrons. The van der Waals surface area contributed by atoms with Crippen molar-refractivity contribution in [1.82, 2.24) is 0 Å². The van der Waals surface area contributed by atoms with Crippen molar-refractivity contribution in [2.75, 3.05) is 0 Å². The van der Waals surface area contributed by atoms with Crippen LogP contribution >= 0.6 is 0 Å². The molecule has 0 N–H and O–H groups in total. The zero-order chi connectivity index (χ0) is 8.10. The zero-order valence-electron chi connectivity index (χ0n) is 6.58. The molecule has 1 aliphatic carbocycles. The van der Waals surface area contributed by atoms with Gasteiger partial charge in [0.2, 0.25) is 0 Å². The van der Waals surface area contributed by atoms with Crippen molar-refractivity contribution in [1.29, 1.82) is 10.5 Å². The Bertz CT molecular complexity index is 175. The van der Waals surface area contributed by atoms with Crippen LogP contribution in [0.1, 0.15) is 32.1 Å². The molecular formula is C9H12N2. The highest BCUT2D eigenvalue weighted by Crippen LogP contribution is 2.34. The predicted molar refractivity (Wildman–Crippen MR) is 41.3 cm³/mol.